The Morgan fingerprint density at radius 3 is 2.38 bits per heavy atom. The van der Waals surface area contributed by atoms with Gasteiger partial charge in [-0.25, -0.2) is 0 Å². The molecule has 3 aromatic rings. The zero-order chi connectivity index (χ0) is 18.9. The van der Waals surface area contributed by atoms with Crippen LogP contribution in [0, 0.1) is 18.3 Å². The second kappa shape index (κ2) is 9.00. The van der Waals surface area contributed by atoms with Crippen LogP contribution in [0.4, 0.5) is 11.4 Å². The third-order valence-corrected chi connectivity index (χ3v) is 3.70. The minimum Gasteiger partial charge on any atom is -0.397 e. The molecule has 1 heterocycles. The number of carbonyl (C=O) groups is 1. The largest absolute Gasteiger partial charge is 0.397 e. The van der Waals surface area contributed by atoms with Crippen LogP contribution in [0.3, 0.4) is 0 Å². The van der Waals surface area contributed by atoms with Crippen molar-refractivity contribution in [2.75, 3.05) is 18.1 Å². The number of nitrogens with zero attached hydrogens (tertiary/aromatic N) is 2. The molecule has 3 rings (SSSR count). The Labute approximate surface area is 153 Å². The zero-order valence-corrected chi connectivity index (χ0v) is 14.7. The topological polar surface area (TPSA) is 91.8 Å². The maximum atomic E-state index is 10.6. The van der Waals surface area contributed by atoms with Gasteiger partial charge in [0.15, 0.2) is 0 Å². The number of hydrogen-bond donors (Lipinski definition) is 2. The molecule has 5 nitrogen and oxygen atoms in total. The van der Waals surface area contributed by atoms with Gasteiger partial charge in [0.05, 0.1) is 22.6 Å². The molecule has 2 aromatic carbocycles. The molecular formula is C21H20N4O. The molecule has 0 bridgehead atoms. The Balaban J connectivity index is 0.000000228. The molecule has 0 radical (unpaired) electrons. The number of hydrogen-bond acceptors (Lipinski definition) is 5. The highest BCUT2D eigenvalue weighted by molar-refractivity contribution is 5.77. The van der Waals surface area contributed by atoms with E-state index in [1.807, 2.05) is 38.2 Å². The summed E-state index contributed by atoms with van der Waals surface area (Å²) in [6.45, 7) is 1.90. The van der Waals surface area contributed by atoms with Gasteiger partial charge in [0.25, 0.3) is 0 Å². The van der Waals surface area contributed by atoms with Gasteiger partial charge in [-0.2, -0.15) is 5.26 Å². The van der Waals surface area contributed by atoms with Crippen LogP contribution in [0.15, 0.2) is 60.8 Å². The van der Waals surface area contributed by atoms with Gasteiger partial charge in [-0.3, -0.25) is 9.78 Å². The Morgan fingerprint density at radius 1 is 1.15 bits per heavy atom. The van der Waals surface area contributed by atoms with Crippen LogP contribution in [0.25, 0.3) is 11.3 Å². The van der Waals surface area contributed by atoms with E-state index in [-0.39, 0.29) is 0 Å². The third-order valence-electron chi connectivity index (χ3n) is 3.70. The molecule has 0 unspecified atom stereocenters. The number of aryl methyl sites for hydroxylation is 1. The molecule has 3 N–H and O–H groups in total. The first-order valence-corrected chi connectivity index (χ1v) is 8.03. The van der Waals surface area contributed by atoms with E-state index in [0.29, 0.717) is 16.8 Å². The van der Waals surface area contributed by atoms with Gasteiger partial charge in [-0.1, -0.05) is 36.4 Å². The average molecular weight is 344 g/mol. The average Bonchev–Trinajstić information content (AvgIpc) is 2.69. The number of aromatic nitrogens is 1. The van der Waals surface area contributed by atoms with Gasteiger partial charge in [-0.15, -0.1) is 0 Å². The van der Waals surface area contributed by atoms with Crippen molar-refractivity contribution in [1.29, 1.82) is 5.26 Å². The number of pyridine rings is 1. The van der Waals surface area contributed by atoms with Crippen LogP contribution >= 0.6 is 0 Å². The first-order chi connectivity index (χ1) is 12.6. The van der Waals surface area contributed by atoms with Gasteiger partial charge in [-0.05, 0) is 30.7 Å². The molecule has 0 aliphatic carbocycles. The summed E-state index contributed by atoms with van der Waals surface area (Å²) in [6.07, 6.45) is 2.52. The Bertz CT molecular complexity index is 927. The van der Waals surface area contributed by atoms with E-state index in [1.165, 1.54) is 0 Å². The molecule has 0 aliphatic rings. The quantitative estimate of drug-likeness (QED) is 0.552. The molecule has 0 saturated heterocycles. The van der Waals surface area contributed by atoms with Gasteiger partial charge in [0.1, 0.15) is 12.4 Å². The maximum Gasteiger partial charge on any atom is 0.150 e. The zero-order valence-electron chi connectivity index (χ0n) is 14.7. The van der Waals surface area contributed by atoms with Crippen molar-refractivity contribution >= 4 is 17.7 Å². The van der Waals surface area contributed by atoms with Crippen molar-refractivity contribution in [2.45, 2.75) is 6.92 Å². The molecule has 0 aliphatic heterocycles. The van der Waals surface area contributed by atoms with Crippen molar-refractivity contribution in [2.24, 2.45) is 0 Å². The van der Waals surface area contributed by atoms with E-state index < -0.39 is 0 Å². The standard InChI is InChI=1S/C14H10N2O.C7H10N2/c1-10-6-13(7-15)14(16-8-10)12-4-2-11(9-17)3-5-12;1-9-7-5-3-2-4-6(7)8/h2-6,8-9H,1H3;2-5,9H,8H2,1H3. The normalized spacial score (nSPS) is 9.42. The molecular weight excluding hydrogens is 324 g/mol. The van der Waals surface area contributed by atoms with Crippen molar-refractivity contribution < 1.29 is 4.79 Å². The molecule has 5 heteroatoms. The predicted octanol–water partition coefficient (Wildman–Crippen LogP) is 4.05. The summed E-state index contributed by atoms with van der Waals surface area (Å²) in [5.74, 6) is 0. The van der Waals surface area contributed by atoms with Crippen LogP contribution < -0.4 is 11.1 Å². The molecule has 26 heavy (non-hydrogen) atoms. The van der Waals surface area contributed by atoms with Gasteiger partial charge < -0.3 is 11.1 Å². The summed E-state index contributed by atoms with van der Waals surface area (Å²) in [6, 6.07) is 18.6. The molecule has 0 amide bonds. The second-order valence-electron chi connectivity index (χ2n) is 5.60. The Hall–Kier alpha value is -3.65. The summed E-state index contributed by atoms with van der Waals surface area (Å²) in [5, 5.41) is 12.0. The van der Waals surface area contributed by atoms with Gasteiger partial charge in [0.2, 0.25) is 0 Å². The minimum atomic E-state index is 0.545. The number of anilines is 2. The highest BCUT2D eigenvalue weighted by Crippen LogP contribution is 2.21. The molecule has 130 valence electrons. The number of nitrogen functional groups attached to an aromatic ring is 1. The third kappa shape index (κ3) is 4.68. The van der Waals surface area contributed by atoms with Crippen LogP contribution in [0.5, 0.6) is 0 Å². The number of nitrogens with one attached hydrogen (secondary N) is 1. The summed E-state index contributed by atoms with van der Waals surface area (Å²) >= 11 is 0. The predicted molar refractivity (Wildman–Crippen MR) is 105 cm³/mol. The van der Waals surface area contributed by atoms with Crippen molar-refractivity contribution in [3.63, 3.8) is 0 Å². The summed E-state index contributed by atoms with van der Waals surface area (Å²) in [7, 11) is 1.85. The molecule has 1 aromatic heterocycles. The van der Waals surface area contributed by atoms with E-state index in [0.717, 1.165) is 28.8 Å². The summed E-state index contributed by atoms with van der Waals surface area (Å²) < 4.78 is 0. The van der Waals surface area contributed by atoms with E-state index >= 15 is 0 Å². The first kappa shape index (κ1) is 18.7. The van der Waals surface area contributed by atoms with Crippen molar-refractivity contribution in [3.8, 4) is 17.3 Å². The van der Waals surface area contributed by atoms with E-state index in [4.69, 9.17) is 11.0 Å². The molecule has 0 saturated carbocycles. The lowest BCUT2D eigenvalue weighted by Crippen LogP contribution is -1.93. The van der Waals surface area contributed by atoms with Crippen LogP contribution in [0.1, 0.15) is 21.5 Å². The van der Waals surface area contributed by atoms with Gasteiger partial charge in [0, 0.05) is 24.4 Å². The molecule has 0 fully saturated rings. The molecule has 0 spiro atoms. The van der Waals surface area contributed by atoms with E-state index in [2.05, 4.69) is 16.4 Å². The lowest BCUT2D eigenvalue weighted by Gasteiger charge is -2.04. The second-order valence-corrected chi connectivity index (χ2v) is 5.60. The highest BCUT2D eigenvalue weighted by atomic mass is 16.1. The SMILES string of the molecule is CNc1ccccc1N.Cc1cnc(-c2ccc(C=O)cc2)c(C#N)c1. The number of nitrogens with two attached hydrogens (primary N) is 1. The highest BCUT2D eigenvalue weighted by Gasteiger charge is 2.06. The summed E-state index contributed by atoms with van der Waals surface area (Å²) in [5.41, 5.74) is 10.9. The number of para-hydroxylation sites is 2. The van der Waals surface area contributed by atoms with Crippen molar-refractivity contribution in [1.82, 2.24) is 4.98 Å². The van der Waals surface area contributed by atoms with Gasteiger partial charge >= 0.3 is 0 Å². The maximum absolute atomic E-state index is 10.6. The number of carbonyl (C=O) groups excluding carboxylic acids is 1. The number of aldehydes is 1. The van der Waals surface area contributed by atoms with Crippen LogP contribution in [-0.2, 0) is 0 Å². The van der Waals surface area contributed by atoms with Crippen LogP contribution in [0.2, 0.25) is 0 Å². The fourth-order valence-corrected chi connectivity index (χ4v) is 2.33. The fourth-order valence-electron chi connectivity index (χ4n) is 2.33. The monoisotopic (exact) mass is 344 g/mol. The lowest BCUT2D eigenvalue weighted by molar-refractivity contribution is 0.112. The minimum absolute atomic E-state index is 0.545. The van der Waals surface area contributed by atoms with E-state index in [1.54, 1.807) is 36.5 Å². The lowest BCUT2D eigenvalue weighted by atomic mass is 10.0. The Kier molecular flexibility index (Phi) is 6.47. The number of nitriles is 1. The number of benzene rings is 2. The first-order valence-electron chi connectivity index (χ1n) is 8.03. The smallest absolute Gasteiger partial charge is 0.150 e. The summed E-state index contributed by atoms with van der Waals surface area (Å²) in [4.78, 5) is 14.8. The van der Waals surface area contributed by atoms with Crippen molar-refractivity contribution in [3.05, 3.63) is 77.5 Å². The Morgan fingerprint density at radius 2 is 1.85 bits per heavy atom. The van der Waals surface area contributed by atoms with E-state index in [9.17, 15) is 4.79 Å². The molecule has 0 atom stereocenters. The fraction of sp³-hybridized carbons (Fsp3) is 0.0952. The number of rotatable bonds is 3. The van der Waals surface area contributed by atoms with Crippen LogP contribution in [-0.4, -0.2) is 18.3 Å².